The summed E-state index contributed by atoms with van der Waals surface area (Å²) in [4.78, 5) is 25.3. The third kappa shape index (κ3) is 3.06. The van der Waals surface area contributed by atoms with Gasteiger partial charge in [0.2, 0.25) is 0 Å². The molecule has 0 aromatic rings. The van der Waals surface area contributed by atoms with E-state index < -0.39 is 17.9 Å². The predicted molar refractivity (Wildman–Crippen MR) is 73.4 cm³/mol. The molecule has 6 nitrogen and oxygen atoms in total. The topological polar surface area (TPSA) is 78.9 Å². The number of ether oxygens (including phenoxy) is 1. The van der Waals surface area contributed by atoms with Crippen molar-refractivity contribution in [2.75, 3.05) is 19.8 Å². The molecule has 2 aliphatic heterocycles. The summed E-state index contributed by atoms with van der Waals surface area (Å²) in [6.45, 7) is 7.51. The molecule has 20 heavy (non-hydrogen) atoms. The maximum absolute atomic E-state index is 12.4. The van der Waals surface area contributed by atoms with E-state index >= 15 is 0 Å². The van der Waals surface area contributed by atoms with Crippen LogP contribution in [0, 0.1) is 17.8 Å². The van der Waals surface area contributed by atoms with E-state index in [1.165, 1.54) is 0 Å². The largest absolute Gasteiger partial charge is 0.481 e. The van der Waals surface area contributed by atoms with Crippen LogP contribution in [-0.4, -0.2) is 53.8 Å². The van der Waals surface area contributed by atoms with Crippen LogP contribution in [-0.2, 0) is 9.53 Å². The molecule has 114 valence electrons. The van der Waals surface area contributed by atoms with E-state index in [0.717, 1.165) is 13.0 Å². The average Bonchev–Trinajstić information content (AvgIpc) is 2.81. The number of urea groups is 1. The number of carbonyl (C=O) groups excluding carboxylic acids is 1. The van der Waals surface area contributed by atoms with Crippen molar-refractivity contribution in [3.8, 4) is 0 Å². The lowest BCUT2D eigenvalue weighted by molar-refractivity contribution is -0.142. The maximum atomic E-state index is 12.4. The minimum Gasteiger partial charge on any atom is -0.481 e. The summed E-state index contributed by atoms with van der Waals surface area (Å²) in [5.41, 5.74) is 0. The van der Waals surface area contributed by atoms with E-state index in [4.69, 9.17) is 9.84 Å². The number of hydrogen-bond donors (Lipinski definition) is 2. The molecule has 2 rings (SSSR count). The maximum Gasteiger partial charge on any atom is 0.317 e. The number of likely N-dealkylation sites (tertiary alicyclic amines) is 1. The molecule has 0 saturated carbocycles. The van der Waals surface area contributed by atoms with Gasteiger partial charge in [0.1, 0.15) is 5.92 Å². The fourth-order valence-electron chi connectivity index (χ4n) is 3.16. The van der Waals surface area contributed by atoms with Crippen molar-refractivity contribution < 1.29 is 19.4 Å². The van der Waals surface area contributed by atoms with E-state index in [-0.39, 0.29) is 25.3 Å². The van der Waals surface area contributed by atoms with Crippen LogP contribution in [0.1, 0.15) is 27.2 Å². The molecule has 2 amide bonds. The Balaban J connectivity index is 1.98. The second-order valence-electron chi connectivity index (χ2n) is 6.25. The molecule has 5 atom stereocenters. The van der Waals surface area contributed by atoms with Gasteiger partial charge >= 0.3 is 12.0 Å². The van der Waals surface area contributed by atoms with Crippen LogP contribution in [0.25, 0.3) is 0 Å². The summed E-state index contributed by atoms with van der Waals surface area (Å²) in [5, 5.41) is 11.9. The third-order valence-electron chi connectivity index (χ3n) is 4.57. The smallest absolute Gasteiger partial charge is 0.317 e. The molecule has 2 heterocycles. The van der Waals surface area contributed by atoms with E-state index in [1.807, 2.05) is 4.90 Å². The first kappa shape index (κ1) is 15.1. The molecule has 2 N–H and O–H groups in total. The van der Waals surface area contributed by atoms with Crippen LogP contribution in [0.4, 0.5) is 4.79 Å². The van der Waals surface area contributed by atoms with Gasteiger partial charge in [-0.1, -0.05) is 13.8 Å². The third-order valence-corrected chi connectivity index (χ3v) is 4.57. The summed E-state index contributed by atoms with van der Waals surface area (Å²) in [6, 6.07) is -0.422. The second kappa shape index (κ2) is 5.99. The van der Waals surface area contributed by atoms with Crippen molar-refractivity contribution in [2.24, 2.45) is 17.8 Å². The molecule has 0 aromatic heterocycles. The molecule has 2 saturated heterocycles. The van der Waals surface area contributed by atoms with Crippen LogP contribution in [0.15, 0.2) is 0 Å². The highest BCUT2D eigenvalue weighted by atomic mass is 16.5. The molecule has 6 heteroatoms. The number of hydrogen-bond acceptors (Lipinski definition) is 3. The summed E-state index contributed by atoms with van der Waals surface area (Å²) in [5.74, 6) is -0.628. The van der Waals surface area contributed by atoms with Gasteiger partial charge in [0, 0.05) is 12.6 Å². The van der Waals surface area contributed by atoms with E-state index in [1.54, 1.807) is 0 Å². The Hall–Kier alpha value is -1.30. The number of nitrogens with zero attached hydrogens (tertiary/aromatic N) is 1. The molecule has 0 aromatic carbocycles. The molecule has 2 fully saturated rings. The van der Waals surface area contributed by atoms with Gasteiger partial charge in [-0.2, -0.15) is 0 Å². The lowest BCUT2D eigenvalue weighted by Crippen LogP contribution is -2.55. The molecule has 0 aliphatic carbocycles. The van der Waals surface area contributed by atoms with Crippen molar-refractivity contribution in [1.29, 1.82) is 0 Å². The molecular weight excluding hydrogens is 260 g/mol. The van der Waals surface area contributed by atoms with Gasteiger partial charge in [0.25, 0.3) is 0 Å². The molecule has 0 bridgehead atoms. The highest BCUT2D eigenvalue weighted by molar-refractivity contribution is 5.77. The van der Waals surface area contributed by atoms with Crippen molar-refractivity contribution in [2.45, 2.75) is 39.3 Å². The van der Waals surface area contributed by atoms with Gasteiger partial charge in [0.15, 0.2) is 0 Å². The Bertz CT molecular complexity index is 387. The fourth-order valence-corrected chi connectivity index (χ4v) is 3.16. The Labute approximate surface area is 119 Å². The lowest BCUT2D eigenvalue weighted by Gasteiger charge is -2.41. The summed E-state index contributed by atoms with van der Waals surface area (Å²) in [7, 11) is 0. The Morgan fingerprint density at radius 2 is 1.95 bits per heavy atom. The van der Waals surface area contributed by atoms with Gasteiger partial charge in [-0.15, -0.1) is 0 Å². The summed E-state index contributed by atoms with van der Waals surface area (Å²) in [6.07, 6.45) is 1.12. The van der Waals surface area contributed by atoms with Gasteiger partial charge in [-0.25, -0.2) is 4.79 Å². The lowest BCUT2D eigenvalue weighted by atomic mass is 9.86. The first-order valence-corrected chi connectivity index (χ1v) is 7.27. The highest BCUT2D eigenvalue weighted by Gasteiger charge is 2.38. The number of carboxylic acids is 1. The zero-order valence-electron chi connectivity index (χ0n) is 12.3. The molecule has 0 spiro atoms. The van der Waals surface area contributed by atoms with Gasteiger partial charge in [0.05, 0.1) is 19.3 Å². The molecule has 0 radical (unpaired) electrons. The Morgan fingerprint density at radius 3 is 2.60 bits per heavy atom. The molecular formula is C14H24N2O4. The van der Waals surface area contributed by atoms with Crippen molar-refractivity contribution in [3.63, 3.8) is 0 Å². The van der Waals surface area contributed by atoms with Crippen LogP contribution >= 0.6 is 0 Å². The minimum atomic E-state index is -0.916. The quantitative estimate of drug-likeness (QED) is 0.797. The second-order valence-corrected chi connectivity index (χ2v) is 6.25. The fraction of sp³-hybridized carbons (Fsp3) is 0.857. The number of carbonyl (C=O) groups is 2. The summed E-state index contributed by atoms with van der Waals surface area (Å²) < 4.78 is 5.17. The van der Waals surface area contributed by atoms with E-state index in [9.17, 15) is 9.59 Å². The van der Waals surface area contributed by atoms with E-state index in [2.05, 4.69) is 26.1 Å². The monoisotopic (exact) mass is 284 g/mol. The standard InChI is InChI=1S/C14H24N2O4/c1-8-4-9(2)10(3)16(5-8)14(19)15-12-7-20-6-11(12)13(17)18/h8-12H,4-7H2,1-3H3,(H,15,19)(H,17,18). The van der Waals surface area contributed by atoms with Gasteiger partial charge in [-0.05, 0) is 25.2 Å². The van der Waals surface area contributed by atoms with Gasteiger partial charge in [-0.3, -0.25) is 4.79 Å². The SMILES string of the molecule is CC1CC(C)C(C)N(C(=O)NC2COCC2C(=O)O)C1. The highest BCUT2D eigenvalue weighted by Crippen LogP contribution is 2.27. The first-order valence-electron chi connectivity index (χ1n) is 7.27. The summed E-state index contributed by atoms with van der Waals surface area (Å²) >= 11 is 0. The van der Waals surface area contributed by atoms with Crippen LogP contribution < -0.4 is 5.32 Å². The Morgan fingerprint density at radius 1 is 1.25 bits per heavy atom. The zero-order chi connectivity index (χ0) is 14.9. The van der Waals surface area contributed by atoms with Crippen molar-refractivity contribution >= 4 is 12.0 Å². The molecule has 5 unspecified atom stereocenters. The van der Waals surface area contributed by atoms with Crippen LogP contribution in [0.5, 0.6) is 0 Å². The molecule has 2 aliphatic rings. The number of aliphatic carboxylic acids is 1. The minimum absolute atomic E-state index is 0.169. The number of piperidine rings is 1. The van der Waals surface area contributed by atoms with Crippen molar-refractivity contribution in [1.82, 2.24) is 10.2 Å². The number of rotatable bonds is 2. The zero-order valence-corrected chi connectivity index (χ0v) is 12.3. The van der Waals surface area contributed by atoms with Crippen LogP contribution in [0.2, 0.25) is 0 Å². The van der Waals surface area contributed by atoms with Crippen LogP contribution in [0.3, 0.4) is 0 Å². The number of amides is 2. The first-order chi connectivity index (χ1) is 9.40. The van der Waals surface area contributed by atoms with Crippen molar-refractivity contribution in [3.05, 3.63) is 0 Å². The number of nitrogens with one attached hydrogen (secondary N) is 1. The predicted octanol–water partition coefficient (Wildman–Crippen LogP) is 1.16. The number of carboxylic acid groups (broad SMARTS) is 1. The Kier molecular flexibility index (Phi) is 4.52. The van der Waals surface area contributed by atoms with E-state index in [0.29, 0.717) is 11.8 Å². The van der Waals surface area contributed by atoms with Gasteiger partial charge < -0.3 is 20.1 Å². The normalized spacial score (nSPS) is 37.8. The average molecular weight is 284 g/mol.